The molecule has 0 spiro atoms. The lowest BCUT2D eigenvalue weighted by Crippen LogP contribution is -2.14. The van der Waals surface area contributed by atoms with Gasteiger partial charge in [-0.05, 0) is 30.7 Å². The SMILES string of the molecule is Cc1ccccc1S(=O)(=O)Nc1ccc2nccn2c1. The summed E-state index contributed by atoms with van der Waals surface area (Å²) in [7, 11) is -3.58. The number of aryl methyl sites for hydroxylation is 1. The Bertz CT molecular complexity index is 869. The lowest BCUT2D eigenvalue weighted by molar-refractivity contribution is 0.600. The summed E-state index contributed by atoms with van der Waals surface area (Å²) in [6.45, 7) is 1.77. The van der Waals surface area contributed by atoms with Gasteiger partial charge in [-0.25, -0.2) is 13.4 Å². The molecule has 0 aliphatic rings. The molecule has 0 aliphatic heterocycles. The zero-order valence-corrected chi connectivity index (χ0v) is 11.6. The summed E-state index contributed by atoms with van der Waals surface area (Å²) >= 11 is 0. The largest absolute Gasteiger partial charge is 0.305 e. The molecule has 0 amide bonds. The van der Waals surface area contributed by atoms with E-state index in [1.807, 2.05) is 6.07 Å². The molecule has 0 radical (unpaired) electrons. The summed E-state index contributed by atoms with van der Waals surface area (Å²) in [4.78, 5) is 4.40. The van der Waals surface area contributed by atoms with Crippen LogP contribution in [-0.2, 0) is 10.0 Å². The van der Waals surface area contributed by atoms with Gasteiger partial charge < -0.3 is 4.40 Å². The number of anilines is 1. The van der Waals surface area contributed by atoms with Crippen molar-refractivity contribution < 1.29 is 8.42 Å². The zero-order valence-electron chi connectivity index (χ0n) is 10.8. The molecule has 2 aromatic heterocycles. The van der Waals surface area contributed by atoms with Gasteiger partial charge in [0, 0.05) is 18.6 Å². The van der Waals surface area contributed by atoms with Gasteiger partial charge in [0.05, 0.1) is 10.6 Å². The van der Waals surface area contributed by atoms with Gasteiger partial charge in [-0.1, -0.05) is 18.2 Å². The van der Waals surface area contributed by atoms with Crippen LogP contribution in [0.1, 0.15) is 5.56 Å². The molecule has 102 valence electrons. The summed E-state index contributed by atoms with van der Waals surface area (Å²) in [6.07, 6.45) is 5.12. The second kappa shape index (κ2) is 4.64. The van der Waals surface area contributed by atoms with Crippen LogP contribution in [0.4, 0.5) is 5.69 Å². The van der Waals surface area contributed by atoms with Crippen molar-refractivity contribution in [2.45, 2.75) is 11.8 Å². The molecule has 0 fully saturated rings. The number of nitrogens with zero attached hydrogens (tertiary/aromatic N) is 2. The third-order valence-electron chi connectivity index (χ3n) is 3.02. The van der Waals surface area contributed by atoms with E-state index < -0.39 is 10.0 Å². The van der Waals surface area contributed by atoms with Crippen molar-refractivity contribution in [3.05, 3.63) is 60.6 Å². The average molecular weight is 287 g/mol. The summed E-state index contributed by atoms with van der Waals surface area (Å²) in [6, 6.07) is 10.3. The fraction of sp³-hybridized carbons (Fsp3) is 0.0714. The van der Waals surface area contributed by atoms with Gasteiger partial charge in [-0.3, -0.25) is 4.72 Å². The van der Waals surface area contributed by atoms with Gasteiger partial charge in [0.1, 0.15) is 5.65 Å². The fourth-order valence-electron chi connectivity index (χ4n) is 2.05. The molecule has 3 aromatic rings. The molecule has 2 heterocycles. The Labute approximate surface area is 117 Å². The molecular weight excluding hydrogens is 274 g/mol. The first-order chi connectivity index (χ1) is 9.56. The van der Waals surface area contributed by atoms with Crippen molar-refractivity contribution in [3.8, 4) is 0 Å². The summed E-state index contributed by atoms with van der Waals surface area (Å²) < 4.78 is 29.1. The van der Waals surface area contributed by atoms with E-state index in [2.05, 4.69) is 9.71 Å². The number of benzene rings is 1. The van der Waals surface area contributed by atoms with Gasteiger partial charge >= 0.3 is 0 Å². The number of sulfonamides is 1. The molecule has 0 saturated carbocycles. The molecule has 0 atom stereocenters. The normalized spacial score (nSPS) is 11.7. The number of hydrogen-bond acceptors (Lipinski definition) is 3. The maximum absolute atomic E-state index is 12.4. The molecule has 1 N–H and O–H groups in total. The zero-order chi connectivity index (χ0) is 14.2. The Morgan fingerprint density at radius 1 is 1.15 bits per heavy atom. The highest BCUT2D eigenvalue weighted by Crippen LogP contribution is 2.19. The molecule has 6 heteroatoms. The van der Waals surface area contributed by atoms with Crippen LogP contribution in [0.3, 0.4) is 0 Å². The maximum Gasteiger partial charge on any atom is 0.262 e. The Hall–Kier alpha value is -2.34. The highest BCUT2D eigenvalue weighted by molar-refractivity contribution is 7.92. The number of fused-ring (bicyclic) bond motifs is 1. The van der Waals surface area contributed by atoms with Gasteiger partial charge in [0.15, 0.2) is 0 Å². The Morgan fingerprint density at radius 2 is 1.95 bits per heavy atom. The van der Waals surface area contributed by atoms with Crippen LogP contribution in [0.15, 0.2) is 59.9 Å². The second-order valence-corrected chi connectivity index (χ2v) is 6.13. The first-order valence-electron chi connectivity index (χ1n) is 6.07. The summed E-state index contributed by atoms with van der Waals surface area (Å²) in [5, 5.41) is 0. The van der Waals surface area contributed by atoms with Gasteiger partial charge in [0.25, 0.3) is 10.0 Å². The Balaban J connectivity index is 1.99. The van der Waals surface area contributed by atoms with Gasteiger partial charge in [-0.15, -0.1) is 0 Å². The Morgan fingerprint density at radius 3 is 2.75 bits per heavy atom. The molecule has 5 nitrogen and oxygen atoms in total. The van der Waals surface area contributed by atoms with Gasteiger partial charge in [-0.2, -0.15) is 0 Å². The monoisotopic (exact) mass is 287 g/mol. The molecule has 0 bridgehead atoms. The molecule has 20 heavy (non-hydrogen) atoms. The number of aromatic nitrogens is 2. The first-order valence-corrected chi connectivity index (χ1v) is 7.56. The lowest BCUT2D eigenvalue weighted by atomic mass is 10.2. The van der Waals surface area contributed by atoms with Crippen LogP contribution in [0.2, 0.25) is 0 Å². The topological polar surface area (TPSA) is 63.5 Å². The van der Waals surface area contributed by atoms with Crippen molar-refractivity contribution >= 4 is 21.4 Å². The molecular formula is C14H13N3O2S. The molecule has 0 aliphatic carbocycles. The molecule has 0 unspecified atom stereocenters. The number of pyridine rings is 1. The van der Waals surface area contributed by atoms with E-state index in [9.17, 15) is 8.42 Å². The van der Waals surface area contributed by atoms with Crippen LogP contribution >= 0.6 is 0 Å². The summed E-state index contributed by atoms with van der Waals surface area (Å²) in [5.41, 5.74) is 1.98. The fourth-order valence-corrected chi connectivity index (χ4v) is 3.34. The lowest BCUT2D eigenvalue weighted by Gasteiger charge is -2.10. The number of rotatable bonds is 3. The maximum atomic E-state index is 12.4. The number of hydrogen-bond donors (Lipinski definition) is 1. The standard InChI is InChI=1S/C14H13N3O2S/c1-11-4-2-3-5-13(11)20(18,19)16-12-6-7-14-15-8-9-17(14)10-12/h2-10,16H,1H3. The van der Waals surface area contributed by atoms with E-state index in [0.717, 1.165) is 5.65 Å². The van der Waals surface area contributed by atoms with Crippen LogP contribution in [0.25, 0.3) is 5.65 Å². The van der Waals surface area contributed by atoms with E-state index in [-0.39, 0.29) is 4.90 Å². The minimum absolute atomic E-state index is 0.283. The third kappa shape index (κ3) is 2.25. The van der Waals surface area contributed by atoms with Crippen molar-refractivity contribution in [2.75, 3.05) is 4.72 Å². The van der Waals surface area contributed by atoms with Crippen LogP contribution < -0.4 is 4.72 Å². The predicted molar refractivity (Wildman–Crippen MR) is 77.2 cm³/mol. The quantitative estimate of drug-likeness (QED) is 0.804. The molecule has 1 aromatic carbocycles. The predicted octanol–water partition coefficient (Wildman–Crippen LogP) is 2.44. The van der Waals surface area contributed by atoms with Crippen molar-refractivity contribution in [1.29, 1.82) is 0 Å². The minimum atomic E-state index is -3.58. The highest BCUT2D eigenvalue weighted by atomic mass is 32.2. The second-order valence-electron chi connectivity index (χ2n) is 4.48. The number of nitrogens with one attached hydrogen (secondary N) is 1. The van der Waals surface area contributed by atoms with Crippen molar-refractivity contribution in [1.82, 2.24) is 9.38 Å². The number of imidazole rings is 1. The minimum Gasteiger partial charge on any atom is -0.305 e. The van der Waals surface area contributed by atoms with E-state index in [1.54, 1.807) is 60.2 Å². The average Bonchev–Trinajstić information content (AvgIpc) is 2.86. The van der Waals surface area contributed by atoms with Crippen LogP contribution in [-0.4, -0.2) is 17.8 Å². The first kappa shape index (κ1) is 12.7. The van der Waals surface area contributed by atoms with E-state index in [4.69, 9.17) is 0 Å². The molecule has 3 rings (SSSR count). The Kier molecular flexibility index (Phi) is 2.94. The smallest absolute Gasteiger partial charge is 0.262 e. The van der Waals surface area contributed by atoms with E-state index in [0.29, 0.717) is 11.3 Å². The third-order valence-corrected chi connectivity index (χ3v) is 4.57. The molecule has 0 saturated heterocycles. The van der Waals surface area contributed by atoms with E-state index >= 15 is 0 Å². The van der Waals surface area contributed by atoms with Crippen molar-refractivity contribution in [3.63, 3.8) is 0 Å². The van der Waals surface area contributed by atoms with E-state index in [1.165, 1.54) is 0 Å². The highest BCUT2D eigenvalue weighted by Gasteiger charge is 2.16. The van der Waals surface area contributed by atoms with Gasteiger partial charge in [0.2, 0.25) is 0 Å². The van der Waals surface area contributed by atoms with Crippen LogP contribution in [0, 0.1) is 6.92 Å². The van der Waals surface area contributed by atoms with Crippen LogP contribution in [0.5, 0.6) is 0 Å². The van der Waals surface area contributed by atoms with Crippen molar-refractivity contribution in [2.24, 2.45) is 0 Å². The summed E-state index contributed by atoms with van der Waals surface area (Å²) in [5.74, 6) is 0.